The normalized spacial score (nSPS) is 10.8. The lowest BCUT2D eigenvalue weighted by Gasteiger charge is -2.20. The number of imide groups is 1. The Morgan fingerprint density at radius 3 is 2.41 bits per heavy atom. The van der Waals surface area contributed by atoms with Crippen LogP contribution in [-0.2, 0) is 19.6 Å². The summed E-state index contributed by atoms with van der Waals surface area (Å²) in [5, 5.41) is 4.55. The molecule has 0 aliphatic carbocycles. The van der Waals surface area contributed by atoms with Gasteiger partial charge in [0.25, 0.3) is 15.9 Å². The van der Waals surface area contributed by atoms with Crippen LogP contribution in [0.25, 0.3) is 0 Å². The van der Waals surface area contributed by atoms with E-state index in [1.54, 1.807) is 24.3 Å². The molecule has 32 heavy (non-hydrogen) atoms. The summed E-state index contributed by atoms with van der Waals surface area (Å²) in [4.78, 5) is 35.5. The van der Waals surface area contributed by atoms with Gasteiger partial charge in [-0.3, -0.25) is 14.4 Å². The van der Waals surface area contributed by atoms with Crippen molar-refractivity contribution in [1.29, 1.82) is 0 Å². The molecule has 10 heteroatoms. The summed E-state index contributed by atoms with van der Waals surface area (Å²) < 4.78 is 31.9. The number of nitrogens with zero attached hydrogens (tertiary/aromatic N) is 1. The van der Waals surface area contributed by atoms with Gasteiger partial charge in [0, 0.05) is 13.6 Å². The zero-order valence-corrected chi connectivity index (χ0v) is 19.1. The second kappa shape index (κ2) is 11.3. The van der Waals surface area contributed by atoms with E-state index < -0.39 is 34.5 Å². The Labute approximate surface area is 187 Å². The van der Waals surface area contributed by atoms with Crippen molar-refractivity contribution in [1.82, 2.24) is 10.6 Å². The number of ether oxygens (including phenoxy) is 1. The molecule has 9 nitrogen and oxygen atoms in total. The van der Waals surface area contributed by atoms with Crippen molar-refractivity contribution < 1.29 is 27.5 Å². The van der Waals surface area contributed by atoms with Crippen LogP contribution in [0, 0.1) is 6.92 Å². The summed E-state index contributed by atoms with van der Waals surface area (Å²) >= 11 is 0. The highest BCUT2D eigenvalue weighted by Crippen LogP contribution is 2.23. The Bertz CT molecular complexity index is 1070. The number of sulfonamides is 1. The number of hydrogen-bond acceptors (Lipinski definition) is 6. The molecule has 172 valence electrons. The van der Waals surface area contributed by atoms with E-state index in [1.807, 2.05) is 19.2 Å². The third-order valence-electron chi connectivity index (χ3n) is 4.53. The smallest absolute Gasteiger partial charge is 0.338 e. The molecule has 0 unspecified atom stereocenters. The van der Waals surface area contributed by atoms with Gasteiger partial charge < -0.3 is 10.1 Å². The van der Waals surface area contributed by atoms with Crippen molar-refractivity contribution in [3.8, 4) is 0 Å². The van der Waals surface area contributed by atoms with Gasteiger partial charge in [-0.25, -0.2) is 18.0 Å². The van der Waals surface area contributed by atoms with Crippen LogP contribution in [0.4, 0.5) is 10.5 Å². The summed E-state index contributed by atoms with van der Waals surface area (Å²) in [6.07, 6.45) is 1.66. The van der Waals surface area contributed by atoms with Crippen molar-refractivity contribution in [3.05, 3.63) is 59.7 Å². The average Bonchev–Trinajstić information content (AvgIpc) is 2.77. The second-order valence-corrected chi connectivity index (χ2v) is 9.04. The molecule has 0 aromatic heterocycles. The number of rotatable bonds is 9. The Morgan fingerprint density at radius 2 is 1.75 bits per heavy atom. The van der Waals surface area contributed by atoms with Gasteiger partial charge in [-0.2, -0.15) is 0 Å². The van der Waals surface area contributed by atoms with Crippen LogP contribution in [0.1, 0.15) is 35.7 Å². The maximum Gasteiger partial charge on any atom is 0.338 e. The molecule has 0 heterocycles. The van der Waals surface area contributed by atoms with E-state index in [-0.39, 0.29) is 10.5 Å². The fourth-order valence-electron chi connectivity index (χ4n) is 2.64. The minimum atomic E-state index is -3.93. The molecule has 0 radical (unpaired) electrons. The highest BCUT2D eigenvalue weighted by molar-refractivity contribution is 7.92. The first-order chi connectivity index (χ1) is 15.1. The van der Waals surface area contributed by atoms with Crippen LogP contribution in [0.3, 0.4) is 0 Å². The summed E-state index contributed by atoms with van der Waals surface area (Å²) in [6.45, 7) is 3.60. The number of hydrogen-bond donors (Lipinski definition) is 2. The number of aryl methyl sites for hydroxylation is 1. The minimum Gasteiger partial charge on any atom is -0.452 e. The Hall–Kier alpha value is -3.40. The molecule has 2 aromatic rings. The van der Waals surface area contributed by atoms with Gasteiger partial charge in [0.1, 0.15) is 0 Å². The van der Waals surface area contributed by atoms with Gasteiger partial charge >= 0.3 is 12.0 Å². The fraction of sp³-hybridized carbons (Fsp3) is 0.318. The summed E-state index contributed by atoms with van der Waals surface area (Å²) in [6, 6.07) is 11.6. The number of anilines is 1. The Morgan fingerprint density at radius 1 is 1.06 bits per heavy atom. The lowest BCUT2D eigenvalue weighted by molar-refractivity contribution is -0.123. The van der Waals surface area contributed by atoms with Gasteiger partial charge in [-0.15, -0.1) is 0 Å². The topological polar surface area (TPSA) is 122 Å². The van der Waals surface area contributed by atoms with Gasteiger partial charge in [-0.1, -0.05) is 37.1 Å². The van der Waals surface area contributed by atoms with Gasteiger partial charge in [0.05, 0.1) is 16.1 Å². The van der Waals surface area contributed by atoms with E-state index in [0.717, 1.165) is 22.7 Å². The largest absolute Gasteiger partial charge is 0.452 e. The monoisotopic (exact) mass is 461 g/mol. The Kier molecular flexibility index (Phi) is 8.77. The van der Waals surface area contributed by atoms with Crippen molar-refractivity contribution >= 4 is 33.6 Å². The highest BCUT2D eigenvalue weighted by atomic mass is 32.2. The van der Waals surface area contributed by atoms with Gasteiger partial charge in [0.2, 0.25) is 0 Å². The molecule has 2 N–H and O–H groups in total. The molecule has 0 aliphatic heterocycles. The molecule has 2 rings (SSSR count). The number of carbonyl (C=O) groups is 3. The van der Waals surface area contributed by atoms with Crippen LogP contribution in [0.2, 0.25) is 0 Å². The van der Waals surface area contributed by atoms with Crippen LogP contribution in [0.5, 0.6) is 0 Å². The number of amides is 3. The molecule has 0 spiro atoms. The van der Waals surface area contributed by atoms with E-state index in [4.69, 9.17) is 4.74 Å². The lowest BCUT2D eigenvalue weighted by atomic mass is 10.2. The molecule has 0 saturated heterocycles. The minimum absolute atomic E-state index is 0.0384. The number of nitrogens with one attached hydrogen (secondary N) is 2. The third kappa shape index (κ3) is 6.81. The first-order valence-corrected chi connectivity index (χ1v) is 11.5. The van der Waals surface area contributed by atoms with Crippen LogP contribution < -0.4 is 14.9 Å². The maximum absolute atomic E-state index is 13.0. The van der Waals surface area contributed by atoms with Crippen molar-refractivity contribution in [3.63, 3.8) is 0 Å². The third-order valence-corrected chi connectivity index (χ3v) is 6.31. The number of esters is 1. The van der Waals surface area contributed by atoms with E-state index in [0.29, 0.717) is 12.2 Å². The van der Waals surface area contributed by atoms with E-state index in [1.165, 1.54) is 31.3 Å². The highest BCUT2D eigenvalue weighted by Gasteiger charge is 2.23. The summed E-state index contributed by atoms with van der Waals surface area (Å²) in [5.41, 5.74) is 1.42. The van der Waals surface area contributed by atoms with E-state index in [2.05, 4.69) is 5.32 Å². The average molecular weight is 462 g/mol. The number of urea groups is 1. The van der Waals surface area contributed by atoms with Crippen molar-refractivity contribution in [2.45, 2.75) is 31.6 Å². The molecular formula is C22H27N3O6S. The Balaban J connectivity index is 2.02. The van der Waals surface area contributed by atoms with Gasteiger partial charge in [0.15, 0.2) is 6.61 Å². The second-order valence-electron chi connectivity index (χ2n) is 7.07. The first-order valence-electron chi connectivity index (χ1n) is 10.1. The zero-order valence-electron chi connectivity index (χ0n) is 18.3. The van der Waals surface area contributed by atoms with Gasteiger partial charge in [-0.05, 0) is 43.7 Å². The predicted molar refractivity (Wildman–Crippen MR) is 120 cm³/mol. The van der Waals surface area contributed by atoms with Crippen LogP contribution >= 0.6 is 0 Å². The first kappa shape index (κ1) is 24.9. The molecular weight excluding hydrogens is 434 g/mol. The quantitative estimate of drug-likeness (QED) is 0.437. The SMILES string of the molecule is CCCCNC(=O)NC(=O)COC(=O)c1cccc(S(=O)(=O)N(C)c2ccc(C)cc2)c1. The molecule has 0 saturated carbocycles. The van der Waals surface area contributed by atoms with Crippen molar-refractivity contribution in [2.24, 2.45) is 0 Å². The fourth-order valence-corrected chi connectivity index (χ4v) is 3.88. The molecule has 0 aliphatic rings. The zero-order chi connectivity index (χ0) is 23.7. The van der Waals surface area contributed by atoms with E-state index >= 15 is 0 Å². The van der Waals surface area contributed by atoms with Crippen LogP contribution in [-0.4, -0.2) is 46.5 Å². The summed E-state index contributed by atoms with van der Waals surface area (Å²) in [7, 11) is -2.51. The lowest BCUT2D eigenvalue weighted by Crippen LogP contribution is -2.41. The number of carbonyl (C=O) groups excluding carboxylic acids is 3. The van der Waals surface area contributed by atoms with Crippen LogP contribution in [0.15, 0.2) is 53.4 Å². The van der Waals surface area contributed by atoms with E-state index in [9.17, 15) is 22.8 Å². The maximum atomic E-state index is 13.0. The standard InChI is InChI=1S/C22H27N3O6S/c1-4-5-13-23-22(28)24-20(26)15-31-21(27)17-7-6-8-19(14-17)32(29,30)25(3)18-11-9-16(2)10-12-18/h6-12,14H,4-5,13,15H2,1-3H3,(H2,23,24,26,28). The molecule has 0 bridgehead atoms. The molecule has 0 atom stereocenters. The molecule has 3 amide bonds. The van der Waals surface area contributed by atoms with Crippen molar-refractivity contribution in [2.75, 3.05) is 24.5 Å². The molecule has 2 aromatic carbocycles. The summed E-state index contributed by atoms with van der Waals surface area (Å²) in [5.74, 6) is -1.68. The predicted octanol–water partition coefficient (Wildman–Crippen LogP) is 2.60. The number of benzene rings is 2. The number of unbranched alkanes of at least 4 members (excludes halogenated alkanes) is 1. The molecule has 0 fully saturated rings.